The number of hydrogen-bond donors (Lipinski definition) is 0. The predicted octanol–water partition coefficient (Wildman–Crippen LogP) is 4.06. The van der Waals surface area contributed by atoms with Crippen LogP contribution in [0.15, 0.2) is 53.4 Å². The Morgan fingerprint density at radius 3 is 2.00 bits per heavy atom. The first-order valence-corrected chi connectivity index (χ1v) is 8.22. The van der Waals surface area contributed by atoms with Gasteiger partial charge in [-0.2, -0.15) is 8.42 Å². The molecular formula is C17H20O3S. The SMILES string of the molecule is Cc1ccccc1OS(=O)(=O)c1ccc(C(C)(C)C)cc1. The molecule has 112 valence electrons. The number of benzene rings is 2. The van der Waals surface area contributed by atoms with Crippen molar-refractivity contribution in [2.45, 2.75) is 38.0 Å². The van der Waals surface area contributed by atoms with Crippen molar-refractivity contribution in [3.05, 3.63) is 59.7 Å². The van der Waals surface area contributed by atoms with E-state index in [9.17, 15) is 8.42 Å². The molecule has 2 aromatic carbocycles. The fourth-order valence-corrected chi connectivity index (χ4v) is 2.93. The van der Waals surface area contributed by atoms with E-state index in [4.69, 9.17) is 4.18 Å². The van der Waals surface area contributed by atoms with Crippen molar-refractivity contribution in [1.82, 2.24) is 0 Å². The molecule has 0 aliphatic carbocycles. The highest BCUT2D eigenvalue weighted by Gasteiger charge is 2.19. The summed E-state index contributed by atoms with van der Waals surface area (Å²) in [4.78, 5) is 0.166. The Kier molecular flexibility index (Phi) is 4.10. The largest absolute Gasteiger partial charge is 0.379 e. The minimum atomic E-state index is -3.80. The topological polar surface area (TPSA) is 43.4 Å². The lowest BCUT2D eigenvalue weighted by molar-refractivity contribution is 0.484. The van der Waals surface area contributed by atoms with Crippen LogP contribution in [0.5, 0.6) is 5.75 Å². The van der Waals surface area contributed by atoms with Crippen LogP contribution in [0.2, 0.25) is 0 Å². The summed E-state index contributed by atoms with van der Waals surface area (Å²) in [5.41, 5.74) is 1.85. The zero-order valence-corrected chi connectivity index (χ0v) is 13.6. The van der Waals surface area contributed by atoms with Gasteiger partial charge in [0, 0.05) is 0 Å². The zero-order chi connectivity index (χ0) is 15.7. The second kappa shape index (κ2) is 5.53. The maximum absolute atomic E-state index is 12.3. The molecule has 0 spiro atoms. The predicted molar refractivity (Wildman–Crippen MR) is 84.1 cm³/mol. The summed E-state index contributed by atoms with van der Waals surface area (Å²) in [5, 5.41) is 0. The van der Waals surface area contributed by atoms with Crippen LogP contribution in [0.1, 0.15) is 31.9 Å². The molecule has 0 aromatic heterocycles. The summed E-state index contributed by atoms with van der Waals surface area (Å²) in [6.45, 7) is 8.06. The molecule has 0 saturated carbocycles. The third-order valence-electron chi connectivity index (χ3n) is 3.30. The first-order chi connectivity index (χ1) is 9.70. The van der Waals surface area contributed by atoms with Gasteiger partial charge in [-0.25, -0.2) is 0 Å². The molecule has 0 bridgehead atoms. The van der Waals surface area contributed by atoms with Crippen LogP contribution in [0, 0.1) is 6.92 Å². The molecular weight excluding hydrogens is 284 g/mol. The monoisotopic (exact) mass is 304 g/mol. The van der Waals surface area contributed by atoms with E-state index in [1.54, 1.807) is 24.3 Å². The van der Waals surface area contributed by atoms with E-state index in [0.717, 1.165) is 11.1 Å². The lowest BCUT2D eigenvalue weighted by Crippen LogP contribution is -2.13. The van der Waals surface area contributed by atoms with Crippen molar-refractivity contribution >= 4 is 10.1 Å². The van der Waals surface area contributed by atoms with Gasteiger partial charge in [0.05, 0.1) is 0 Å². The highest BCUT2D eigenvalue weighted by molar-refractivity contribution is 7.87. The molecule has 0 aliphatic rings. The Labute approximate surface area is 126 Å². The first-order valence-electron chi connectivity index (χ1n) is 6.81. The van der Waals surface area contributed by atoms with Crippen LogP contribution < -0.4 is 4.18 Å². The molecule has 0 fully saturated rings. The molecule has 21 heavy (non-hydrogen) atoms. The molecule has 3 nitrogen and oxygen atoms in total. The third kappa shape index (κ3) is 3.64. The van der Waals surface area contributed by atoms with E-state index in [1.165, 1.54) is 0 Å². The quantitative estimate of drug-likeness (QED) is 0.803. The molecule has 0 heterocycles. The van der Waals surface area contributed by atoms with E-state index in [0.29, 0.717) is 5.75 Å². The van der Waals surface area contributed by atoms with Gasteiger partial charge in [-0.15, -0.1) is 0 Å². The van der Waals surface area contributed by atoms with Gasteiger partial charge >= 0.3 is 10.1 Å². The summed E-state index contributed by atoms with van der Waals surface area (Å²) >= 11 is 0. The van der Waals surface area contributed by atoms with Crippen LogP contribution in [0.25, 0.3) is 0 Å². The molecule has 0 atom stereocenters. The van der Waals surface area contributed by atoms with Gasteiger partial charge in [0.2, 0.25) is 0 Å². The van der Waals surface area contributed by atoms with Crippen LogP contribution in [0.4, 0.5) is 0 Å². The van der Waals surface area contributed by atoms with Gasteiger partial charge < -0.3 is 4.18 Å². The van der Waals surface area contributed by atoms with Gasteiger partial charge in [-0.3, -0.25) is 0 Å². The Morgan fingerprint density at radius 2 is 1.48 bits per heavy atom. The minimum Gasteiger partial charge on any atom is -0.379 e. The van der Waals surface area contributed by atoms with Crippen molar-refractivity contribution in [3.8, 4) is 5.75 Å². The maximum atomic E-state index is 12.3. The second-order valence-electron chi connectivity index (χ2n) is 6.08. The Morgan fingerprint density at radius 1 is 0.905 bits per heavy atom. The van der Waals surface area contributed by atoms with E-state index >= 15 is 0 Å². The second-order valence-corrected chi connectivity index (χ2v) is 7.62. The van der Waals surface area contributed by atoms with E-state index in [1.807, 2.05) is 31.2 Å². The van der Waals surface area contributed by atoms with E-state index in [2.05, 4.69) is 20.8 Å². The van der Waals surface area contributed by atoms with Crippen LogP contribution >= 0.6 is 0 Å². The minimum absolute atomic E-state index is 0.0147. The Bertz CT molecular complexity index is 723. The number of aryl methyl sites for hydroxylation is 1. The first kappa shape index (κ1) is 15.6. The lowest BCUT2D eigenvalue weighted by Gasteiger charge is -2.19. The lowest BCUT2D eigenvalue weighted by atomic mass is 9.87. The van der Waals surface area contributed by atoms with Crippen molar-refractivity contribution in [2.24, 2.45) is 0 Å². The molecule has 2 aromatic rings. The maximum Gasteiger partial charge on any atom is 0.339 e. The fourth-order valence-electron chi connectivity index (χ4n) is 1.94. The van der Waals surface area contributed by atoms with Gasteiger partial charge in [-0.1, -0.05) is 51.1 Å². The number of rotatable bonds is 3. The smallest absolute Gasteiger partial charge is 0.339 e. The van der Waals surface area contributed by atoms with E-state index < -0.39 is 10.1 Å². The molecule has 0 radical (unpaired) electrons. The van der Waals surface area contributed by atoms with Gasteiger partial charge in [0.25, 0.3) is 0 Å². The average molecular weight is 304 g/mol. The zero-order valence-electron chi connectivity index (χ0n) is 12.8. The molecule has 0 saturated heterocycles. The third-order valence-corrected chi connectivity index (χ3v) is 4.55. The molecule has 2 rings (SSSR count). The summed E-state index contributed by atoms with van der Waals surface area (Å²) in [6, 6.07) is 13.9. The Balaban J connectivity index is 2.30. The van der Waals surface area contributed by atoms with Gasteiger partial charge in [0.15, 0.2) is 0 Å². The fraction of sp³-hybridized carbons (Fsp3) is 0.294. The average Bonchev–Trinajstić information content (AvgIpc) is 2.40. The van der Waals surface area contributed by atoms with Crippen molar-refractivity contribution in [1.29, 1.82) is 0 Å². The Hall–Kier alpha value is -1.81. The normalized spacial score (nSPS) is 12.2. The standard InChI is InChI=1S/C17H20O3S/c1-13-7-5-6-8-16(13)20-21(18,19)15-11-9-14(10-12-15)17(2,3)4/h5-12H,1-4H3. The summed E-state index contributed by atoms with van der Waals surface area (Å²) in [7, 11) is -3.80. The summed E-state index contributed by atoms with van der Waals surface area (Å²) < 4.78 is 29.8. The summed E-state index contributed by atoms with van der Waals surface area (Å²) in [5.74, 6) is 0.359. The molecule has 0 aliphatic heterocycles. The highest BCUT2D eigenvalue weighted by Crippen LogP contribution is 2.25. The number of hydrogen-bond acceptors (Lipinski definition) is 3. The highest BCUT2D eigenvalue weighted by atomic mass is 32.2. The van der Waals surface area contributed by atoms with Crippen molar-refractivity contribution in [2.75, 3.05) is 0 Å². The number of para-hydroxylation sites is 1. The van der Waals surface area contributed by atoms with E-state index in [-0.39, 0.29) is 10.3 Å². The van der Waals surface area contributed by atoms with Crippen LogP contribution in [0.3, 0.4) is 0 Å². The molecule has 0 unspecified atom stereocenters. The van der Waals surface area contributed by atoms with Crippen LogP contribution in [-0.2, 0) is 15.5 Å². The summed E-state index contributed by atoms with van der Waals surface area (Å²) in [6.07, 6.45) is 0. The van der Waals surface area contributed by atoms with Crippen molar-refractivity contribution in [3.63, 3.8) is 0 Å². The van der Waals surface area contributed by atoms with Crippen molar-refractivity contribution < 1.29 is 12.6 Å². The van der Waals surface area contributed by atoms with Gasteiger partial charge in [0.1, 0.15) is 10.6 Å². The molecule has 0 amide bonds. The van der Waals surface area contributed by atoms with Gasteiger partial charge in [-0.05, 0) is 41.7 Å². The van der Waals surface area contributed by atoms with Crippen LogP contribution in [-0.4, -0.2) is 8.42 Å². The molecule has 4 heteroatoms. The molecule has 0 N–H and O–H groups in total.